The van der Waals surface area contributed by atoms with Crippen molar-refractivity contribution in [3.8, 4) is 0 Å². The van der Waals surface area contributed by atoms with Crippen LogP contribution in [-0.4, -0.2) is 30.9 Å². The third-order valence-corrected chi connectivity index (χ3v) is 4.26. The summed E-state index contributed by atoms with van der Waals surface area (Å²) in [6, 6.07) is 5.10. The van der Waals surface area contributed by atoms with E-state index in [-0.39, 0.29) is 5.91 Å². The number of nitrogens with one attached hydrogen (secondary N) is 1. The standard InChI is InChI=1S/C16H24ClN3O/c1-20(11-12-4-2-5-12)9-3-6-16(21)19-15-8-7-13(17)10-14(15)18/h7-8,10,12H,2-6,9,11,18H2,1H3,(H,19,21). The van der Waals surface area contributed by atoms with Crippen LogP contribution >= 0.6 is 11.6 Å². The molecule has 1 aliphatic rings. The van der Waals surface area contributed by atoms with Gasteiger partial charge in [0.1, 0.15) is 0 Å². The molecule has 0 unspecified atom stereocenters. The van der Waals surface area contributed by atoms with Crippen molar-refractivity contribution in [3.63, 3.8) is 0 Å². The molecule has 1 fully saturated rings. The zero-order valence-electron chi connectivity index (χ0n) is 12.6. The average Bonchev–Trinajstić information content (AvgIpc) is 2.37. The number of carbonyl (C=O) groups excluding carboxylic acids is 1. The van der Waals surface area contributed by atoms with Crippen LogP contribution in [0.1, 0.15) is 32.1 Å². The van der Waals surface area contributed by atoms with Crippen molar-refractivity contribution in [2.24, 2.45) is 5.92 Å². The fraction of sp³-hybridized carbons (Fsp3) is 0.562. The fourth-order valence-electron chi connectivity index (χ4n) is 2.58. The molecule has 0 bridgehead atoms. The van der Waals surface area contributed by atoms with Crippen molar-refractivity contribution < 1.29 is 4.79 Å². The van der Waals surface area contributed by atoms with E-state index >= 15 is 0 Å². The first-order valence-corrected chi connectivity index (χ1v) is 7.96. The summed E-state index contributed by atoms with van der Waals surface area (Å²) in [5.74, 6) is 0.874. The lowest BCUT2D eigenvalue weighted by Gasteiger charge is -2.30. The average molecular weight is 310 g/mol. The number of anilines is 2. The minimum Gasteiger partial charge on any atom is -0.397 e. The minimum atomic E-state index is 0.000988. The second-order valence-corrected chi connectivity index (χ2v) is 6.38. The van der Waals surface area contributed by atoms with Crippen LogP contribution < -0.4 is 11.1 Å². The highest BCUT2D eigenvalue weighted by atomic mass is 35.5. The van der Waals surface area contributed by atoms with Gasteiger partial charge in [0.2, 0.25) is 5.91 Å². The van der Waals surface area contributed by atoms with E-state index in [0.717, 1.165) is 25.4 Å². The number of halogens is 1. The number of nitrogen functional groups attached to an aromatic ring is 1. The Morgan fingerprint density at radius 1 is 1.48 bits per heavy atom. The van der Waals surface area contributed by atoms with Crippen molar-refractivity contribution in [2.75, 3.05) is 31.2 Å². The number of amides is 1. The molecule has 0 spiro atoms. The van der Waals surface area contributed by atoms with Crippen molar-refractivity contribution >= 4 is 28.9 Å². The van der Waals surface area contributed by atoms with Crippen LogP contribution in [0.25, 0.3) is 0 Å². The highest BCUT2D eigenvalue weighted by Crippen LogP contribution is 2.26. The lowest BCUT2D eigenvalue weighted by molar-refractivity contribution is -0.116. The molecule has 1 aromatic rings. The number of hydrogen-bond acceptors (Lipinski definition) is 3. The van der Waals surface area contributed by atoms with Gasteiger partial charge in [0.25, 0.3) is 0 Å². The fourth-order valence-corrected chi connectivity index (χ4v) is 2.76. The van der Waals surface area contributed by atoms with Gasteiger partial charge in [0, 0.05) is 18.0 Å². The zero-order valence-corrected chi connectivity index (χ0v) is 13.3. The van der Waals surface area contributed by atoms with Gasteiger partial charge < -0.3 is 16.0 Å². The van der Waals surface area contributed by atoms with Crippen molar-refractivity contribution in [2.45, 2.75) is 32.1 Å². The van der Waals surface area contributed by atoms with Gasteiger partial charge in [-0.2, -0.15) is 0 Å². The molecule has 0 radical (unpaired) electrons. The lowest BCUT2D eigenvalue weighted by Crippen LogP contribution is -2.30. The van der Waals surface area contributed by atoms with E-state index in [4.69, 9.17) is 17.3 Å². The summed E-state index contributed by atoms with van der Waals surface area (Å²) in [6.07, 6.45) is 5.48. The molecule has 0 aliphatic heterocycles. The maximum absolute atomic E-state index is 11.9. The van der Waals surface area contributed by atoms with Gasteiger partial charge in [-0.05, 0) is 57.0 Å². The molecular weight excluding hydrogens is 286 g/mol. The topological polar surface area (TPSA) is 58.4 Å². The van der Waals surface area contributed by atoms with Crippen LogP contribution in [-0.2, 0) is 4.79 Å². The third kappa shape index (κ3) is 5.21. The first kappa shape index (κ1) is 16.1. The first-order valence-electron chi connectivity index (χ1n) is 7.58. The van der Waals surface area contributed by atoms with Gasteiger partial charge >= 0.3 is 0 Å². The smallest absolute Gasteiger partial charge is 0.224 e. The number of nitrogens with zero attached hydrogens (tertiary/aromatic N) is 1. The van der Waals surface area contributed by atoms with Gasteiger partial charge in [-0.1, -0.05) is 18.0 Å². The van der Waals surface area contributed by atoms with Crippen molar-refractivity contribution in [1.82, 2.24) is 4.90 Å². The first-order chi connectivity index (χ1) is 10.0. The summed E-state index contributed by atoms with van der Waals surface area (Å²) >= 11 is 5.83. The van der Waals surface area contributed by atoms with Gasteiger partial charge in [0.05, 0.1) is 11.4 Å². The Labute approximate surface area is 131 Å². The summed E-state index contributed by atoms with van der Waals surface area (Å²) in [6.45, 7) is 2.12. The van der Waals surface area contributed by atoms with Crippen LogP contribution in [0.4, 0.5) is 11.4 Å². The molecule has 0 atom stereocenters. The Balaban J connectivity index is 1.67. The number of nitrogens with two attached hydrogens (primary N) is 1. The Morgan fingerprint density at radius 3 is 2.86 bits per heavy atom. The van der Waals surface area contributed by atoms with E-state index in [9.17, 15) is 4.79 Å². The highest BCUT2D eigenvalue weighted by Gasteiger charge is 2.18. The second-order valence-electron chi connectivity index (χ2n) is 5.94. The number of benzene rings is 1. The van der Waals surface area contributed by atoms with E-state index < -0.39 is 0 Å². The maximum Gasteiger partial charge on any atom is 0.224 e. The molecule has 1 saturated carbocycles. The maximum atomic E-state index is 11.9. The molecule has 0 saturated heterocycles. The van der Waals surface area contributed by atoms with E-state index in [2.05, 4.69) is 17.3 Å². The van der Waals surface area contributed by atoms with Crippen molar-refractivity contribution in [3.05, 3.63) is 23.2 Å². The monoisotopic (exact) mass is 309 g/mol. The normalized spacial score (nSPS) is 15.0. The summed E-state index contributed by atoms with van der Waals surface area (Å²) < 4.78 is 0. The van der Waals surface area contributed by atoms with E-state index in [0.29, 0.717) is 22.8 Å². The zero-order chi connectivity index (χ0) is 15.2. The molecule has 1 aromatic carbocycles. The van der Waals surface area contributed by atoms with Crippen LogP contribution in [0.15, 0.2) is 18.2 Å². The van der Waals surface area contributed by atoms with Crippen molar-refractivity contribution in [1.29, 1.82) is 0 Å². The van der Waals surface area contributed by atoms with E-state index in [1.165, 1.54) is 19.3 Å². The number of carbonyl (C=O) groups is 1. The van der Waals surface area contributed by atoms with E-state index in [1.807, 2.05) is 0 Å². The summed E-state index contributed by atoms with van der Waals surface area (Å²) in [5, 5.41) is 3.41. The SMILES string of the molecule is CN(CCCC(=O)Nc1ccc(Cl)cc1N)CC1CCC1. The molecule has 0 aromatic heterocycles. The quantitative estimate of drug-likeness (QED) is 0.759. The predicted molar refractivity (Wildman–Crippen MR) is 88.6 cm³/mol. The molecule has 116 valence electrons. The van der Waals surface area contributed by atoms with Crippen LogP contribution in [0.2, 0.25) is 5.02 Å². The Morgan fingerprint density at radius 2 is 2.24 bits per heavy atom. The van der Waals surface area contributed by atoms with Crippen LogP contribution in [0, 0.1) is 5.92 Å². The van der Waals surface area contributed by atoms with Gasteiger partial charge in [-0.15, -0.1) is 0 Å². The van der Waals surface area contributed by atoms with Crippen LogP contribution in [0.3, 0.4) is 0 Å². The molecule has 2 rings (SSSR count). The second kappa shape index (κ2) is 7.66. The van der Waals surface area contributed by atoms with E-state index in [1.54, 1.807) is 18.2 Å². The number of rotatable bonds is 7. The summed E-state index contributed by atoms with van der Waals surface area (Å²) in [5.41, 5.74) is 6.95. The molecular formula is C16H24ClN3O. The summed E-state index contributed by atoms with van der Waals surface area (Å²) in [7, 11) is 2.13. The van der Waals surface area contributed by atoms with Gasteiger partial charge in [-0.3, -0.25) is 4.79 Å². The largest absolute Gasteiger partial charge is 0.397 e. The Kier molecular flexibility index (Phi) is 5.88. The van der Waals surface area contributed by atoms with Gasteiger partial charge in [-0.25, -0.2) is 0 Å². The minimum absolute atomic E-state index is 0.000988. The number of hydrogen-bond donors (Lipinski definition) is 2. The molecule has 5 heteroatoms. The molecule has 1 amide bonds. The highest BCUT2D eigenvalue weighted by molar-refractivity contribution is 6.31. The predicted octanol–water partition coefficient (Wildman–Crippen LogP) is 3.37. The molecule has 4 nitrogen and oxygen atoms in total. The molecule has 0 heterocycles. The van der Waals surface area contributed by atoms with Gasteiger partial charge in [0.15, 0.2) is 0 Å². The summed E-state index contributed by atoms with van der Waals surface area (Å²) in [4.78, 5) is 14.2. The Hall–Kier alpha value is -1.26. The Bertz CT molecular complexity index is 488. The third-order valence-electron chi connectivity index (χ3n) is 4.03. The molecule has 1 aliphatic carbocycles. The molecule has 21 heavy (non-hydrogen) atoms. The molecule has 3 N–H and O–H groups in total. The lowest BCUT2D eigenvalue weighted by atomic mass is 9.85. The van der Waals surface area contributed by atoms with Crippen LogP contribution in [0.5, 0.6) is 0 Å².